The van der Waals surface area contributed by atoms with Crippen LogP contribution in [0.25, 0.3) is 0 Å². The summed E-state index contributed by atoms with van der Waals surface area (Å²) in [6.07, 6.45) is 0. The van der Waals surface area contributed by atoms with E-state index < -0.39 is 5.97 Å². The number of nitrogens with one attached hydrogen (secondary N) is 2. The number of rotatable bonds is 7. The van der Waals surface area contributed by atoms with Gasteiger partial charge in [0.25, 0.3) is 0 Å². The largest absolute Gasteiger partial charge is 0.492 e. The van der Waals surface area contributed by atoms with Gasteiger partial charge in [0.1, 0.15) is 11.6 Å². The quantitative estimate of drug-likeness (QED) is 0.587. The first kappa shape index (κ1) is 19.2. The molecule has 0 aliphatic heterocycles. The smallest absolute Gasteiger partial charge is 0.339 e. The minimum Gasteiger partial charge on any atom is -0.492 e. The van der Waals surface area contributed by atoms with Gasteiger partial charge in [0, 0.05) is 11.8 Å². The molecule has 144 valence electrons. The lowest BCUT2D eigenvalue weighted by Gasteiger charge is -2.14. The Balaban J connectivity index is 1.88. The Labute approximate surface area is 163 Å². The van der Waals surface area contributed by atoms with Gasteiger partial charge in [-0.1, -0.05) is 24.3 Å². The Morgan fingerprint density at radius 1 is 1.00 bits per heavy atom. The predicted molar refractivity (Wildman–Crippen MR) is 109 cm³/mol. The normalized spacial score (nSPS) is 10.2. The molecule has 2 aromatic carbocycles. The summed E-state index contributed by atoms with van der Waals surface area (Å²) in [5, 5.41) is 6.37. The average molecular weight is 378 g/mol. The minimum atomic E-state index is -0.431. The Hall–Kier alpha value is -3.61. The number of hydrogen-bond donors (Lipinski definition) is 2. The van der Waals surface area contributed by atoms with Crippen LogP contribution in [0.1, 0.15) is 23.0 Å². The number of para-hydroxylation sites is 3. The van der Waals surface area contributed by atoms with E-state index in [1.165, 1.54) is 7.11 Å². The van der Waals surface area contributed by atoms with Crippen LogP contribution in [-0.2, 0) is 4.74 Å². The summed E-state index contributed by atoms with van der Waals surface area (Å²) in [6.45, 7) is 4.38. The van der Waals surface area contributed by atoms with Gasteiger partial charge in [-0.3, -0.25) is 0 Å². The van der Waals surface area contributed by atoms with Crippen LogP contribution in [0.4, 0.5) is 23.1 Å². The Kier molecular flexibility index (Phi) is 6.06. The third kappa shape index (κ3) is 4.56. The number of ether oxygens (including phenoxy) is 2. The van der Waals surface area contributed by atoms with Crippen molar-refractivity contribution in [1.29, 1.82) is 0 Å². The average Bonchev–Trinajstić information content (AvgIpc) is 2.69. The zero-order valence-electron chi connectivity index (χ0n) is 16.0. The van der Waals surface area contributed by atoms with E-state index in [2.05, 4.69) is 20.6 Å². The fourth-order valence-electron chi connectivity index (χ4n) is 2.68. The van der Waals surface area contributed by atoms with Crippen molar-refractivity contribution >= 4 is 29.1 Å². The van der Waals surface area contributed by atoms with Crippen molar-refractivity contribution in [1.82, 2.24) is 9.97 Å². The highest BCUT2D eigenvalue weighted by Crippen LogP contribution is 2.28. The maximum absolute atomic E-state index is 12.0. The van der Waals surface area contributed by atoms with Crippen molar-refractivity contribution in [2.24, 2.45) is 0 Å². The lowest BCUT2D eigenvalue weighted by Crippen LogP contribution is -2.08. The maximum atomic E-state index is 12.0. The van der Waals surface area contributed by atoms with E-state index in [-0.39, 0.29) is 0 Å². The van der Waals surface area contributed by atoms with Crippen LogP contribution in [0.3, 0.4) is 0 Å². The summed E-state index contributed by atoms with van der Waals surface area (Å²) >= 11 is 0. The summed E-state index contributed by atoms with van der Waals surface area (Å²) in [5.41, 5.74) is 2.56. The highest BCUT2D eigenvalue weighted by atomic mass is 16.5. The molecule has 0 aliphatic carbocycles. The van der Waals surface area contributed by atoms with Crippen LogP contribution >= 0.6 is 0 Å². The lowest BCUT2D eigenvalue weighted by atomic mass is 10.2. The van der Waals surface area contributed by atoms with E-state index in [9.17, 15) is 4.79 Å². The van der Waals surface area contributed by atoms with Gasteiger partial charge < -0.3 is 20.1 Å². The molecule has 1 aromatic heterocycles. The molecule has 0 amide bonds. The van der Waals surface area contributed by atoms with E-state index in [4.69, 9.17) is 9.47 Å². The second kappa shape index (κ2) is 8.85. The first-order valence-corrected chi connectivity index (χ1v) is 8.89. The van der Waals surface area contributed by atoms with Crippen molar-refractivity contribution in [2.75, 3.05) is 24.4 Å². The number of aryl methyl sites for hydroxylation is 1. The standard InChI is InChI=1S/C21H22N4O3/c1-4-28-18-12-8-7-11-17(18)23-19-13-14(2)22-21(25-19)24-16-10-6-5-9-15(16)20(26)27-3/h5-13H,4H2,1-3H3,(H2,22,23,24,25). The number of anilines is 4. The zero-order valence-corrected chi connectivity index (χ0v) is 16.0. The van der Waals surface area contributed by atoms with Crippen molar-refractivity contribution in [3.05, 3.63) is 65.9 Å². The van der Waals surface area contributed by atoms with Gasteiger partial charge in [-0.15, -0.1) is 0 Å². The number of esters is 1. The molecule has 0 atom stereocenters. The van der Waals surface area contributed by atoms with Crippen LogP contribution in [0.15, 0.2) is 54.6 Å². The number of nitrogens with zero attached hydrogens (tertiary/aromatic N) is 2. The van der Waals surface area contributed by atoms with Crippen molar-refractivity contribution < 1.29 is 14.3 Å². The number of hydrogen-bond acceptors (Lipinski definition) is 7. The number of carbonyl (C=O) groups excluding carboxylic acids is 1. The van der Waals surface area contributed by atoms with Crippen molar-refractivity contribution in [2.45, 2.75) is 13.8 Å². The third-order valence-electron chi connectivity index (χ3n) is 3.88. The Morgan fingerprint density at radius 3 is 2.46 bits per heavy atom. The third-order valence-corrected chi connectivity index (χ3v) is 3.88. The number of carbonyl (C=O) groups is 1. The molecule has 1 heterocycles. The number of benzene rings is 2. The molecule has 0 unspecified atom stereocenters. The van der Waals surface area contributed by atoms with Gasteiger partial charge in [-0.05, 0) is 38.1 Å². The molecule has 0 saturated carbocycles. The van der Waals surface area contributed by atoms with Gasteiger partial charge in [0.05, 0.1) is 30.7 Å². The van der Waals surface area contributed by atoms with Crippen LogP contribution in [0.2, 0.25) is 0 Å². The molecule has 7 nitrogen and oxygen atoms in total. The maximum Gasteiger partial charge on any atom is 0.339 e. The molecule has 7 heteroatoms. The molecular formula is C21H22N4O3. The van der Waals surface area contributed by atoms with E-state index in [1.54, 1.807) is 18.2 Å². The fraction of sp³-hybridized carbons (Fsp3) is 0.190. The first-order chi connectivity index (χ1) is 13.6. The van der Waals surface area contributed by atoms with Gasteiger partial charge in [-0.2, -0.15) is 4.98 Å². The molecule has 0 radical (unpaired) electrons. The molecule has 0 aliphatic rings. The lowest BCUT2D eigenvalue weighted by molar-refractivity contribution is 0.0602. The molecule has 0 fully saturated rings. The SMILES string of the molecule is CCOc1ccccc1Nc1cc(C)nc(Nc2ccccc2C(=O)OC)n1. The zero-order chi connectivity index (χ0) is 19.9. The van der Waals surface area contributed by atoms with Crippen LogP contribution in [0.5, 0.6) is 5.75 Å². The predicted octanol–water partition coefficient (Wildman–Crippen LogP) is 4.46. The molecule has 3 rings (SSSR count). The summed E-state index contributed by atoms with van der Waals surface area (Å²) in [5.74, 6) is 1.29. The second-order valence-electron chi connectivity index (χ2n) is 5.93. The summed E-state index contributed by atoms with van der Waals surface area (Å²) in [4.78, 5) is 20.9. The van der Waals surface area contributed by atoms with Gasteiger partial charge >= 0.3 is 5.97 Å². The molecule has 0 bridgehead atoms. The fourth-order valence-corrected chi connectivity index (χ4v) is 2.68. The first-order valence-electron chi connectivity index (χ1n) is 8.89. The van der Waals surface area contributed by atoms with Crippen LogP contribution < -0.4 is 15.4 Å². The van der Waals surface area contributed by atoms with E-state index >= 15 is 0 Å². The van der Waals surface area contributed by atoms with Gasteiger partial charge in [0.15, 0.2) is 0 Å². The second-order valence-corrected chi connectivity index (χ2v) is 5.93. The van der Waals surface area contributed by atoms with E-state index in [0.717, 1.165) is 17.1 Å². The van der Waals surface area contributed by atoms with E-state index in [1.807, 2.05) is 50.2 Å². The Morgan fingerprint density at radius 2 is 1.71 bits per heavy atom. The van der Waals surface area contributed by atoms with Gasteiger partial charge in [0.2, 0.25) is 5.95 Å². The van der Waals surface area contributed by atoms with E-state index in [0.29, 0.717) is 29.6 Å². The molecular weight excluding hydrogens is 356 g/mol. The molecule has 0 saturated heterocycles. The Bertz CT molecular complexity index is 975. The number of methoxy groups -OCH3 is 1. The molecule has 28 heavy (non-hydrogen) atoms. The molecule has 3 aromatic rings. The topological polar surface area (TPSA) is 85.4 Å². The van der Waals surface area contributed by atoms with Gasteiger partial charge in [-0.25, -0.2) is 9.78 Å². The highest BCUT2D eigenvalue weighted by Gasteiger charge is 2.13. The van der Waals surface area contributed by atoms with Crippen molar-refractivity contribution in [3.63, 3.8) is 0 Å². The molecule has 0 spiro atoms. The number of aromatic nitrogens is 2. The van der Waals surface area contributed by atoms with Crippen LogP contribution in [-0.4, -0.2) is 29.7 Å². The summed E-state index contributed by atoms with van der Waals surface area (Å²) < 4.78 is 10.5. The minimum absolute atomic E-state index is 0.368. The van der Waals surface area contributed by atoms with Crippen LogP contribution in [0, 0.1) is 6.92 Å². The molecule has 2 N–H and O–H groups in total. The summed E-state index contributed by atoms with van der Waals surface area (Å²) in [7, 11) is 1.35. The highest BCUT2D eigenvalue weighted by molar-refractivity contribution is 5.96. The van der Waals surface area contributed by atoms with Crippen molar-refractivity contribution in [3.8, 4) is 5.75 Å². The summed E-state index contributed by atoms with van der Waals surface area (Å²) in [6, 6.07) is 16.5. The monoisotopic (exact) mass is 378 g/mol.